The van der Waals surface area contributed by atoms with Gasteiger partial charge in [0.15, 0.2) is 0 Å². The Hall–Kier alpha value is -0.0400. The lowest BCUT2D eigenvalue weighted by atomic mass is 9.91. The third-order valence-corrected chi connectivity index (χ3v) is 4.80. The smallest absolute Gasteiger partial charge is 0.00191 e. The molecule has 0 atom stereocenters. The summed E-state index contributed by atoms with van der Waals surface area (Å²) in [5.41, 5.74) is 0. The molecule has 0 amide bonds. The van der Waals surface area contributed by atoms with Gasteiger partial charge in [0.25, 0.3) is 0 Å². The molecule has 1 aliphatic heterocycles. The van der Waals surface area contributed by atoms with Crippen LogP contribution in [0.5, 0.6) is 0 Å². The van der Waals surface area contributed by atoms with Crippen molar-refractivity contribution in [2.45, 2.75) is 90.4 Å². The maximum atomic E-state index is 2.48. The second-order valence-electron chi connectivity index (χ2n) is 6.72. The van der Waals surface area contributed by atoms with Crippen molar-refractivity contribution in [3.05, 3.63) is 0 Å². The lowest BCUT2D eigenvalue weighted by Crippen LogP contribution is -2.30. The number of unbranched alkanes of at least 4 members (excludes halogenated alkanes) is 9. The van der Waals surface area contributed by atoms with E-state index in [0.29, 0.717) is 0 Å². The number of hydrogen-bond donors (Lipinski definition) is 0. The average Bonchev–Trinajstić information content (AvgIpc) is 2.43. The van der Waals surface area contributed by atoms with Crippen molar-refractivity contribution in [3.63, 3.8) is 0 Å². The molecule has 19 heavy (non-hydrogen) atoms. The topological polar surface area (TPSA) is 3.24 Å². The molecule has 0 saturated carbocycles. The van der Waals surface area contributed by atoms with Gasteiger partial charge in [-0.1, -0.05) is 77.6 Å². The molecule has 0 aliphatic carbocycles. The van der Waals surface area contributed by atoms with Gasteiger partial charge in [0.1, 0.15) is 0 Å². The number of likely N-dealkylation sites (tertiary alicyclic amines) is 1. The highest BCUT2D eigenvalue weighted by Gasteiger charge is 2.15. The highest BCUT2D eigenvalue weighted by Crippen LogP contribution is 2.22. The third kappa shape index (κ3) is 9.49. The predicted octanol–water partition coefficient (Wildman–Crippen LogP) is 5.64. The van der Waals surface area contributed by atoms with E-state index < -0.39 is 0 Å². The summed E-state index contributed by atoms with van der Waals surface area (Å²) >= 11 is 0. The molecule has 1 nitrogen and oxygen atoms in total. The second kappa shape index (κ2) is 11.8. The molecule has 1 aliphatic rings. The van der Waals surface area contributed by atoms with Crippen molar-refractivity contribution in [1.82, 2.24) is 4.90 Å². The fourth-order valence-electron chi connectivity index (χ4n) is 3.27. The summed E-state index contributed by atoms with van der Waals surface area (Å²) in [6.07, 6.45) is 19.1. The second-order valence-corrected chi connectivity index (χ2v) is 6.72. The molecule has 1 heterocycles. The highest BCUT2D eigenvalue weighted by molar-refractivity contribution is 4.69. The fraction of sp³-hybridized carbons (Fsp3) is 1.00. The lowest BCUT2D eigenvalue weighted by molar-refractivity contribution is 0.209. The number of nitrogens with zero attached hydrogens (tertiary/aromatic N) is 1. The molecule has 1 heteroatoms. The van der Waals surface area contributed by atoms with Crippen LogP contribution < -0.4 is 0 Å². The maximum Gasteiger partial charge on any atom is -0.00191 e. The van der Waals surface area contributed by atoms with E-state index in [4.69, 9.17) is 0 Å². The molecular weight excluding hydrogens is 230 g/mol. The molecule has 0 aromatic rings. The first-order chi connectivity index (χ1) is 9.33. The summed E-state index contributed by atoms with van der Waals surface area (Å²) in [5, 5.41) is 0. The first-order valence-corrected chi connectivity index (χ1v) is 9.01. The zero-order chi connectivity index (χ0) is 13.8. The molecule has 114 valence electrons. The van der Waals surface area contributed by atoms with E-state index in [2.05, 4.69) is 18.9 Å². The first-order valence-electron chi connectivity index (χ1n) is 9.01. The van der Waals surface area contributed by atoms with Crippen LogP contribution in [0.15, 0.2) is 0 Å². The van der Waals surface area contributed by atoms with Gasteiger partial charge in [-0.05, 0) is 38.9 Å². The van der Waals surface area contributed by atoms with Gasteiger partial charge in [0, 0.05) is 0 Å². The average molecular weight is 268 g/mol. The standard InChI is InChI=1S/C18H37N/c1-3-4-5-6-7-8-9-10-11-12-13-18-14-16-19(2)17-15-18/h18H,3-17H2,1-2H3. The number of rotatable bonds is 11. The molecule has 0 spiro atoms. The van der Waals surface area contributed by atoms with Crippen LogP contribution in [0.25, 0.3) is 0 Å². The Bertz CT molecular complexity index is 182. The van der Waals surface area contributed by atoms with Crippen molar-refractivity contribution >= 4 is 0 Å². The van der Waals surface area contributed by atoms with Gasteiger partial charge in [-0.25, -0.2) is 0 Å². The fourth-order valence-corrected chi connectivity index (χ4v) is 3.27. The van der Waals surface area contributed by atoms with Crippen molar-refractivity contribution in [1.29, 1.82) is 0 Å². The molecule has 1 rings (SSSR count). The summed E-state index contributed by atoms with van der Waals surface area (Å²) in [6.45, 7) is 4.97. The summed E-state index contributed by atoms with van der Waals surface area (Å²) < 4.78 is 0. The predicted molar refractivity (Wildman–Crippen MR) is 86.7 cm³/mol. The molecule has 0 radical (unpaired) electrons. The Morgan fingerprint density at radius 2 is 1.21 bits per heavy atom. The summed E-state index contributed by atoms with van der Waals surface area (Å²) in [4.78, 5) is 2.48. The largest absolute Gasteiger partial charge is 0.306 e. The van der Waals surface area contributed by atoms with E-state index in [0.717, 1.165) is 5.92 Å². The number of piperidine rings is 1. The Morgan fingerprint density at radius 3 is 1.74 bits per heavy atom. The first kappa shape index (κ1) is 17.0. The molecular formula is C18H37N. The molecule has 0 unspecified atom stereocenters. The van der Waals surface area contributed by atoms with E-state index in [1.54, 1.807) is 0 Å². The van der Waals surface area contributed by atoms with Crippen LogP contribution in [0.4, 0.5) is 0 Å². The molecule has 0 aromatic carbocycles. The summed E-state index contributed by atoms with van der Waals surface area (Å²) in [6, 6.07) is 0. The van der Waals surface area contributed by atoms with Gasteiger partial charge in [0.05, 0.1) is 0 Å². The van der Waals surface area contributed by atoms with E-state index in [1.807, 2.05) is 0 Å². The van der Waals surface area contributed by atoms with Gasteiger partial charge in [0.2, 0.25) is 0 Å². The molecule has 0 bridgehead atoms. The van der Waals surface area contributed by atoms with E-state index in [1.165, 1.54) is 96.6 Å². The van der Waals surface area contributed by atoms with Crippen LogP contribution in [0.3, 0.4) is 0 Å². The van der Waals surface area contributed by atoms with Crippen LogP contribution in [-0.4, -0.2) is 25.0 Å². The van der Waals surface area contributed by atoms with E-state index in [9.17, 15) is 0 Å². The molecule has 0 N–H and O–H groups in total. The van der Waals surface area contributed by atoms with E-state index >= 15 is 0 Å². The van der Waals surface area contributed by atoms with Crippen molar-refractivity contribution in [3.8, 4) is 0 Å². The molecule has 0 aromatic heterocycles. The minimum atomic E-state index is 1.05. The maximum absolute atomic E-state index is 2.48. The highest BCUT2D eigenvalue weighted by atomic mass is 15.1. The normalized spacial score (nSPS) is 18.0. The Morgan fingerprint density at radius 1 is 0.737 bits per heavy atom. The Labute approximate surface area is 122 Å². The van der Waals surface area contributed by atoms with Crippen LogP contribution >= 0.6 is 0 Å². The monoisotopic (exact) mass is 267 g/mol. The molecule has 1 saturated heterocycles. The van der Waals surface area contributed by atoms with Gasteiger partial charge >= 0.3 is 0 Å². The third-order valence-electron chi connectivity index (χ3n) is 4.80. The Kier molecular flexibility index (Phi) is 10.5. The number of hydrogen-bond acceptors (Lipinski definition) is 1. The lowest BCUT2D eigenvalue weighted by Gasteiger charge is -2.28. The van der Waals surface area contributed by atoms with Gasteiger partial charge in [-0.3, -0.25) is 0 Å². The van der Waals surface area contributed by atoms with Crippen molar-refractivity contribution < 1.29 is 0 Å². The minimum absolute atomic E-state index is 1.05. The Balaban J connectivity index is 1.76. The van der Waals surface area contributed by atoms with Gasteiger partial charge in [-0.2, -0.15) is 0 Å². The summed E-state index contributed by atoms with van der Waals surface area (Å²) in [5.74, 6) is 1.05. The van der Waals surface area contributed by atoms with Crippen molar-refractivity contribution in [2.24, 2.45) is 5.92 Å². The minimum Gasteiger partial charge on any atom is -0.306 e. The zero-order valence-corrected chi connectivity index (χ0v) is 13.6. The zero-order valence-electron chi connectivity index (χ0n) is 13.6. The van der Waals surface area contributed by atoms with Crippen molar-refractivity contribution in [2.75, 3.05) is 20.1 Å². The van der Waals surface area contributed by atoms with Gasteiger partial charge in [-0.15, -0.1) is 0 Å². The molecule has 1 fully saturated rings. The van der Waals surface area contributed by atoms with Crippen LogP contribution in [0.2, 0.25) is 0 Å². The SMILES string of the molecule is CCCCCCCCCCCCC1CCN(C)CC1. The summed E-state index contributed by atoms with van der Waals surface area (Å²) in [7, 11) is 2.26. The van der Waals surface area contributed by atoms with Crippen LogP contribution in [0.1, 0.15) is 90.4 Å². The van der Waals surface area contributed by atoms with Crippen LogP contribution in [-0.2, 0) is 0 Å². The van der Waals surface area contributed by atoms with Gasteiger partial charge < -0.3 is 4.90 Å². The quantitative estimate of drug-likeness (QED) is 0.438. The van der Waals surface area contributed by atoms with Crippen LogP contribution in [0, 0.1) is 5.92 Å². The van der Waals surface area contributed by atoms with E-state index in [-0.39, 0.29) is 0 Å².